The van der Waals surface area contributed by atoms with Gasteiger partial charge in [-0.05, 0) is 6.07 Å². The minimum Gasteiger partial charge on any atom is -0.422 e. The molecule has 0 saturated heterocycles. The van der Waals surface area contributed by atoms with E-state index in [1.807, 2.05) is 0 Å². The summed E-state index contributed by atoms with van der Waals surface area (Å²) in [5.41, 5.74) is -0.704. The quantitative estimate of drug-likeness (QED) is 0.518. The van der Waals surface area contributed by atoms with Crippen molar-refractivity contribution < 1.29 is 18.8 Å². The van der Waals surface area contributed by atoms with Crippen LogP contribution in [-0.4, -0.2) is 22.2 Å². The van der Waals surface area contributed by atoms with E-state index in [0.717, 1.165) is 12.3 Å². The van der Waals surface area contributed by atoms with Crippen LogP contribution in [0.1, 0.15) is 0 Å². The molecule has 0 amide bonds. The number of rotatable bonds is 1. The van der Waals surface area contributed by atoms with Gasteiger partial charge in [-0.1, -0.05) is 0 Å². The average molecular weight is 159 g/mol. The van der Waals surface area contributed by atoms with Crippen molar-refractivity contribution in [1.29, 1.82) is 0 Å². The van der Waals surface area contributed by atoms with Gasteiger partial charge in [-0.2, -0.15) is 0 Å². The molecule has 58 valence electrons. The highest BCUT2D eigenvalue weighted by Gasteiger charge is 2.20. The first-order chi connectivity index (χ1) is 5.13. The minimum absolute atomic E-state index is 0.704. The molecule has 0 aromatic carbocycles. The standard InChI is InChI=1S/C5H4BF2NO2/c7-3-1-2-9-5(4(3)8)6(10)11/h1-2,10-11H. The molecule has 0 unspecified atom stereocenters. The number of halogens is 2. The molecule has 0 aliphatic rings. The normalized spacial score (nSPS) is 9.82. The molecule has 6 heteroatoms. The van der Waals surface area contributed by atoms with Gasteiger partial charge in [-0.15, -0.1) is 0 Å². The topological polar surface area (TPSA) is 53.4 Å². The van der Waals surface area contributed by atoms with E-state index < -0.39 is 24.3 Å². The average Bonchev–Trinajstić information content (AvgIpc) is 1.94. The van der Waals surface area contributed by atoms with Gasteiger partial charge in [0.05, 0.1) is 0 Å². The number of nitrogens with zero attached hydrogens (tertiary/aromatic N) is 1. The molecule has 3 nitrogen and oxygen atoms in total. The Morgan fingerprint density at radius 2 is 2.00 bits per heavy atom. The van der Waals surface area contributed by atoms with Crippen molar-refractivity contribution in [2.24, 2.45) is 0 Å². The van der Waals surface area contributed by atoms with Gasteiger partial charge in [0, 0.05) is 6.20 Å². The Hall–Kier alpha value is -1.01. The van der Waals surface area contributed by atoms with Crippen LogP contribution in [0.5, 0.6) is 0 Å². The molecule has 0 bridgehead atoms. The summed E-state index contributed by atoms with van der Waals surface area (Å²) in [6, 6.07) is 0.793. The van der Waals surface area contributed by atoms with Crippen molar-refractivity contribution >= 4 is 12.7 Å². The first-order valence-electron chi connectivity index (χ1n) is 2.79. The van der Waals surface area contributed by atoms with Gasteiger partial charge in [0.15, 0.2) is 11.6 Å². The fourth-order valence-corrected chi connectivity index (χ4v) is 0.615. The predicted octanol–water partition coefficient (Wildman–Crippen LogP) is -0.960. The maximum absolute atomic E-state index is 12.5. The smallest absolute Gasteiger partial charge is 0.422 e. The molecule has 0 saturated carbocycles. The van der Waals surface area contributed by atoms with Crippen LogP contribution in [0.15, 0.2) is 12.3 Å². The van der Waals surface area contributed by atoms with E-state index in [-0.39, 0.29) is 0 Å². The number of aromatic nitrogens is 1. The Kier molecular flexibility index (Phi) is 2.16. The highest BCUT2D eigenvalue weighted by atomic mass is 19.2. The van der Waals surface area contributed by atoms with E-state index in [9.17, 15) is 8.78 Å². The summed E-state index contributed by atoms with van der Waals surface area (Å²) in [5, 5.41) is 16.8. The fourth-order valence-electron chi connectivity index (χ4n) is 0.615. The van der Waals surface area contributed by atoms with E-state index in [4.69, 9.17) is 10.0 Å². The first-order valence-corrected chi connectivity index (χ1v) is 2.79. The number of hydrogen-bond acceptors (Lipinski definition) is 3. The van der Waals surface area contributed by atoms with Gasteiger partial charge in [0.2, 0.25) is 0 Å². The van der Waals surface area contributed by atoms with Crippen LogP contribution in [0.2, 0.25) is 0 Å². The Balaban J connectivity index is 3.17. The van der Waals surface area contributed by atoms with E-state index in [1.165, 1.54) is 0 Å². The van der Waals surface area contributed by atoms with E-state index in [2.05, 4.69) is 4.98 Å². The van der Waals surface area contributed by atoms with Gasteiger partial charge in [-0.3, -0.25) is 4.98 Å². The van der Waals surface area contributed by atoms with E-state index in [1.54, 1.807) is 0 Å². The summed E-state index contributed by atoms with van der Waals surface area (Å²) in [4.78, 5) is 3.22. The molecule has 11 heavy (non-hydrogen) atoms. The molecule has 2 N–H and O–H groups in total. The third-order valence-corrected chi connectivity index (χ3v) is 1.11. The Labute approximate surface area is 61.5 Å². The highest BCUT2D eigenvalue weighted by Crippen LogP contribution is 1.98. The number of pyridine rings is 1. The second-order valence-electron chi connectivity index (χ2n) is 1.87. The van der Waals surface area contributed by atoms with Gasteiger partial charge in [0.1, 0.15) is 5.59 Å². The molecule has 0 aliphatic heterocycles. The maximum Gasteiger partial charge on any atom is 0.511 e. The molecule has 1 aromatic heterocycles. The van der Waals surface area contributed by atoms with Gasteiger partial charge in [0.25, 0.3) is 0 Å². The van der Waals surface area contributed by atoms with Crippen LogP contribution in [0.3, 0.4) is 0 Å². The van der Waals surface area contributed by atoms with Crippen LogP contribution in [0.4, 0.5) is 8.78 Å². The van der Waals surface area contributed by atoms with Crippen molar-refractivity contribution in [3.8, 4) is 0 Å². The summed E-state index contributed by atoms with van der Waals surface area (Å²) in [6.07, 6.45) is 0.952. The van der Waals surface area contributed by atoms with Crippen molar-refractivity contribution in [2.75, 3.05) is 0 Å². The lowest BCUT2D eigenvalue weighted by Gasteiger charge is -1.99. The van der Waals surface area contributed by atoms with Crippen molar-refractivity contribution in [3.63, 3.8) is 0 Å². The molecular weight excluding hydrogens is 155 g/mol. The van der Waals surface area contributed by atoms with Crippen LogP contribution in [-0.2, 0) is 0 Å². The van der Waals surface area contributed by atoms with Crippen molar-refractivity contribution in [3.05, 3.63) is 23.9 Å². The molecule has 0 aliphatic carbocycles. The lowest BCUT2D eigenvalue weighted by molar-refractivity contribution is 0.417. The van der Waals surface area contributed by atoms with Gasteiger partial charge in [-0.25, -0.2) is 8.78 Å². The molecule has 0 atom stereocenters. The fraction of sp³-hybridized carbons (Fsp3) is 0. The SMILES string of the molecule is OB(O)c1nccc(F)c1F. The molecule has 1 heterocycles. The van der Waals surface area contributed by atoms with Gasteiger partial charge >= 0.3 is 7.12 Å². The molecule has 1 rings (SSSR count). The lowest BCUT2D eigenvalue weighted by Crippen LogP contribution is -2.36. The zero-order valence-electron chi connectivity index (χ0n) is 5.33. The highest BCUT2D eigenvalue weighted by molar-refractivity contribution is 6.57. The van der Waals surface area contributed by atoms with E-state index >= 15 is 0 Å². The summed E-state index contributed by atoms with van der Waals surface area (Å²) < 4.78 is 24.8. The molecule has 0 radical (unpaired) electrons. The van der Waals surface area contributed by atoms with Crippen LogP contribution in [0.25, 0.3) is 0 Å². The van der Waals surface area contributed by atoms with Crippen molar-refractivity contribution in [2.45, 2.75) is 0 Å². The minimum atomic E-state index is -2.08. The zero-order chi connectivity index (χ0) is 8.43. The molecule has 0 fully saturated rings. The predicted molar refractivity (Wildman–Crippen MR) is 34.0 cm³/mol. The lowest BCUT2D eigenvalue weighted by atomic mass is 9.85. The summed E-state index contributed by atoms with van der Waals surface area (Å²) in [6.45, 7) is 0. The molecular formula is C5H4BF2NO2. The third-order valence-electron chi connectivity index (χ3n) is 1.11. The Morgan fingerprint density at radius 1 is 1.36 bits per heavy atom. The molecule has 1 aromatic rings. The first kappa shape index (κ1) is 8.09. The van der Waals surface area contributed by atoms with Gasteiger partial charge < -0.3 is 10.0 Å². The summed E-state index contributed by atoms with van der Waals surface area (Å²) in [5.74, 6) is -2.48. The Morgan fingerprint density at radius 3 is 2.45 bits per heavy atom. The molecule has 0 spiro atoms. The summed E-state index contributed by atoms with van der Waals surface area (Å²) in [7, 11) is -2.08. The van der Waals surface area contributed by atoms with Crippen LogP contribution in [0, 0.1) is 11.6 Å². The second-order valence-corrected chi connectivity index (χ2v) is 1.87. The maximum atomic E-state index is 12.5. The third kappa shape index (κ3) is 1.52. The van der Waals surface area contributed by atoms with Crippen molar-refractivity contribution in [1.82, 2.24) is 4.98 Å². The Bertz CT molecular complexity index is 269. The van der Waals surface area contributed by atoms with E-state index in [0.29, 0.717) is 0 Å². The van der Waals surface area contributed by atoms with Crippen LogP contribution < -0.4 is 5.59 Å². The zero-order valence-corrected chi connectivity index (χ0v) is 5.33. The largest absolute Gasteiger partial charge is 0.511 e. The summed E-state index contributed by atoms with van der Waals surface area (Å²) >= 11 is 0. The second kappa shape index (κ2) is 2.94. The number of hydrogen-bond donors (Lipinski definition) is 2. The van der Waals surface area contributed by atoms with Crippen LogP contribution >= 0.6 is 0 Å². The monoisotopic (exact) mass is 159 g/mol.